The van der Waals surface area contributed by atoms with Gasteiger partial charge in [0.2, 0.25) is 5.95 Å². The smallest absolute Gasteiger partial charge is 0.316 e. The number of esters is 1. The Kier molecular flexibility index (Phi) is 5.00. The average molecular weight is 242 g/mol. The monoisotopic (exact) mass is 242 g/mol. The van der Waals surface area contributed by atoms with E-state index in [9.17, 15) is 4.79 Å². The average Bonchev–Trinajstić information content (AvgIpc) is 2.28. The van der Waals surface area contributed by atoms with Gasteiger partial charge in [-0.1, -0.05) is 11.8 Å². The summed E-state index contributed by atoms with van der Waals surface area (Å²) in [6.45, 7) is 4.03. The van der Waals surface area contributed by atoms with Gasteiger partial charge in [-0.25, -0.2) is 15.8 Å². The molecule has 0 aliphatic carbocycles. The van der Waals surface area contributed by atoms with Crippen molar-refractivity contribution >= 4 is 23.7 Å². The van der Waals surface area contributed by atoms with Crippen LogP contribution < -0.4 is 11.3 Å². The molecular formula is C9H14N4O2S. The first kappa shape index (κ1) is 12.7. The van der Waals surface area contributed by atoms with Crippen LogP contribution in [0.1, 0.15) is 12.5 Å². The number of aromatic nitrogens is 2. The molecule has 1 aromatic heterocycles. The lowest BCUT2D eigenvalue weighted by Gasteiger charge is -2.05. The molecular weight excluding hydrogens is 228 g/mol. The van der Waals surface area contributed by atoms with Crippen LogP contribution in [0.25, 0.3) is 0 Å². The number of hydrogen-bond acceptors (Lipinski definition) is 7. The number of carbonyl (C=O) groups excluding carboxylic acids is 1. The molecule has 0 aromatic carbocycles. The maximum Gasteiger partial charge on any atom is 0.316 e. The summed E-state index contributed by atoms with van der Waals surface area (Å²) in [4.78, 5) is 19.2. The Hall–Kier alpha value is -1.34. The molecule has 0 aliphatic heterocycles. The van der Waals surface area contributed by atoms with Crippen LogP contribution >= 0.6 is 11.8 Å². The van der Waals surface area contributed by atoms with Gasteiger partial charge in [0.25, 0.3) is 0 Å². The highest BCUT2D eigenvalue weighted by molar-refractivity contribution is 7.99. The Bertz CT molecular complexity index is 373. The van der Waals surface area contributed by atoms with Gasteiger partial charge in [-0.15, -0.1) is 0 Å². The molecule has 3 N–H and O–H groups in total. The van der Waals surface area contributed by atoms with Gasteiger partial charge in [0.15, 0.2) is 0 Å². The number of anilines is 1. The van der Waals surface area contributed by atoms with Gasteiger partial charge in [0, 0.05) is 6.20 Å². The molecule has 0 saturated heterocycles. The molecule has 16 heavy (non-hydrogen) atoms. The number of nitrogens with zero attached hydrogens (tertiary/aromatic N) is 2. The van der Waals surface area contributed by atoms with E-state index in [4.69, 9.17) is 10.6 Å². The number of aryl methyl sites for hydroxylation is 1. The summed E-state index contributed by atoms with van der Waals surface area (Å²) in [6, 6.07) is 0. The third-order valence-corrected chi connectivity index (χ3v) is 2.75. The molecule has 0 saturated carbocycles. The zero-order chi connectivity index (χ0) is 12.0. The van der Waals surface area contributed by atoms with Crippen LogP contribution in [0, 0.1) is 6.92 Å². The lowest BCUT2D eigenvalue weighted by Crippen LogP contribution is -2.11. The van der Waals surface area contributed by atoms with E-state index in [1.807, 2.05) is 6.92 Å². The summed E-state index contributed by atoms with van der Waals surface area (Å²) in [6.07, 6.45) is 1.65. The number of hydrogen-bond donors (Lipinski definition) is 2. The topological polar surface area (TPSA) is 90.1 Å². The predicted octanol–water partition coefficient (Wildman–Crippen LogP) is 0.726. The van der Waals surface area contributed by atoms with Crippen molar-refractivity contribution in [3.63, 3.8) is 0 Å². The van der Waals surface area contributed by atoms with E-state index in [2.05, 4.69) is 15.4 Å². The summed E-state index contributed by atoms with van der Waals surface area (Å²) in [5.41, 5.74) is 3.25. The van der Waals surface area contributed by atoms with Crippen molar-refractivity contribution < 1.29 is 9.53 Å². The summed E-state index contributed by atoms with van der Waals surface area (Å²) in [5.74, 6) is 5.50. The maximum atomic E-state index is 11.2. The van der Waals surface area contributed by atoms with E-state index in [1.165, 1.54) is 11.8 Å². The van der Waals surface area contributed by atoms with Gasteiger partial charge in [-0.2, -0.15) is 0 Å². The predicted molar refractivity (Wildman–Crippen MR) is 61.9 cm³/mol. The van der Waals surface area contributed by atoms with Crippen LogP contribution in [-0.2, 0) is 9.53 Å². The first-order valence-electron chi connectivity index (χ1n) is 4.76. The van der Waals surface area contributed by atoms with Crippen molar-refractivity contribution in [1.29, 1.82) is 0 Å². The zero-order valence-corrected chi connectivity index (χ0v) is 10.0. The van der Waals surface area contributed by atoms with Gasteiger partial charge in [-0.3, -0.25) is 10.2 Å². The third-order valence-electron chi connectivity index (χ3n) is 1.69. The Morgan fingerprint density at radius 1 is 1.69 bits per heavy atom. The van der Waals surface area contributed by atoms with E-state index in [-0.39, 0.29) is 11.7 Å². The lowest BCUT2D eigenvalue weighted by molar-refractivity contribution is -0.139. The molecule has 0 bridgehead atoms. The van der Waals surface area contributed by atoms with Gasteiger partial charge < -0.3 is 4.74 Å². The number of rotatable bonds is 5. The molecule has 7 heteroatoms. The van der Waals surface area contributed by atoms with Crippen LogP contribution in [0.2, 0.25) is 0 Å². The molecule has 1 aromatic rings. The fourth-order valence-electron chi connectivity index (χ4n) is 0.972. The molecule has 0 spiro atoms. The van der Waals surface area contributed by atoms with Gasteiger partial charge in [-0.05, 0) is 19.4 Å². The summed E-state index contributed by atoms with van der Waals surface area (Å²) in [5, 5.41) is 0.719. The van der Waals surface area contributed by atoms with Gasteiger partial charge >= 0.3 is 5.97 Å². The van der Waals surface area contributed by atoms with Crippen LogP contribution in [0.5, 0.6) is 0 Å². The Labute approximate surface area is 98.0 Å². The number of thioether (sulfide) groups is 1. The summed E-state index contributed by atoms with van der Waals surface area (Å²) >= 11 is 1.30. The SMILES string of the molecule is CCOC(=O)CSc1nc(NN)ncc1C. The number of nitrogen functional groups attached to an aromatic ring is 1. The Balaban J connectivity index is 2.62. The van der Waals surface area contributed by atoms with Crippen molar-refractivity contribution in [3.8, 4) is 0 Å². The van der Waals surface area contributed by atoms with Crippen molar-refractivity contribution in [2.24, 2.45) is 5.84 Å². The molecule has 1 heterocycles. The first-order valence-corrected chi connectivity index (χ1v) is 5.74. The molecule has 1 rings (SSSR count). The van der Waals surface area contributed by atoms with E-state index in [0.717, 1.165) is 10.6 Å². The number of nitrogens with two attached hydrogens (primary N) is 1. The fraction of sp³-hybridized carbons (Fsp3) is 0.444. The highest BCUT2D eigenvalue weighted by atomic mass is 32.2. The molecule has 88 valence electrons. The second kappa shape index (κ2) is 6.29. The second-order valence-corrected chi connectivity index (χ2v) is 3.88. The largest absolute Gasteiger partial charge is 0.465 e. The number of ether oxygens (including phenoxy) is 1. The molecule has 0 radical (unpaired) electrons. The van der Waals surface area contributed by atoms with Crippen LogP contribution in [0.4, 0.5) is 5.95 Å². The zero-order valence-electron chi connectivity index (χ0n) is 9.19. The highest BCUT2D eigenvalue weighted by Crippen LogP contribution is 2.20. The van der Waals surface area contributed by atoms with Crippen molar-refractivity contribution in [3.05, 3.63) is 11.8 Å². The second-order valence-electron chi connectivity index (χ2n) is 2.92. The molecule has 0 fully saturated rings. The minimum absolute atomic E-state index is 0.232. The van der Waals surface area contributed by atoms with Gasteiger partial charge in [0.05, 0.1) is 12.4 Å². The van der Waals surface area contributed by atoms with Crippen LogP contribution in [-0.4, -0.2) is 28.3 Å². The summed E-state index contributed by atoms with van der Waals surface area (Å²) < 4.78 is 4.82. The molecule has 0 unspecified atom stereocenters. The van der Waals surface area contributed by atoms with Crippen molar-refractivity contribution in [1.82, 2.24) is 9.97 Å². The van der Waals surface area contributed by atoms with Crippen LogP contribution in [0.3, 0.4) is 0 Å². The third kappa shape index (κ3) is 3.67. The van der Waals surface area contributed by atoms with Crippen LogP contribution in [0.15, 0.2) is 11.2 Å². The quantitative estimate of drug-likeness (QED) is 0.258. The molecule has 0 atom stereocenters. The Morgan fingerprint density at radius 3 is 3.06 bits per heavy atom. The summed E-state index contributed by atoms with van der Waals surface area (Å²) in [7, 11) is 0. The number of nitrogens with one attached hydrogen (secondary N) is 1. The standard InChI is InChI=1S/C9H14N4O2S/c1-3-15-7(14)5-16-8-6(2)4-11-9(12-8)13-10/h4H,3,5,10H2,1-2H3,(H,11,12,13). The lowest BCUT2D eigenvalue weighted by atomic mass is 10.4. The van der Waals surface area contributed by atoms with E-state index >= 15 is 0 Å². The van der Waals surface area contributed by atoms with Crippen molar-refractivity contribution in [2.75, 3.05) is 17.8 Å². The molecule has 0 aliphatic rings. The van der Waals surface area contributed by atoms with E-state index < -0.39 is 0 Å². The fourth-order valence-corrected chi connectivity index (χ4v) is 1.74. The van der Waals surface area contributed by atoms with Crippen molar-refractivity contribution in [2.45, 2.75) is 18.9 Å². The van der Waals surface area contributed by atoms with Gasteiger partial charge in [0.1, 0.15) is 5.03 Å². The first-order chi connectivity index (χ1) is 7.67. The molecule has 6 nitrogen and oxygen atoms in total. The number of hydrazine groups is 1. The maximum absolute atomic E-state index is 11.2. The van der Waals surface area contributed by atoms with E-state index in [0.29, 0.717) is 12.6 Å². The minimum Gasteiger partial charge on any atom is -0.465 e. The number of carbonyl (C=O) groups is 1. The van der Waals surface area contributed by atoms with E-state index in [1.54, 1.807) is 13.1 Å². The normalized spacial score (nSPS) is 9.94. The molecule has 0 amide bonds. The Morgan fingerprint density at radius 2 is 2.44 bits per heavy atom. The highest BCUT2D eigenvalue weighted by Gasteiger charge is 2.08. The minimum atomic E-state index is -0.257.